The molecule has 2 aromatic heterocycles. The molecule has 1 aliphatic carbocycles. The topological polar surface area (TPSA) is 22.0 Å². The maximum atomic E-state index is 13.4. The lowest BCUT2D eigenvalue weighted by molar-refractivity contribution is 0.103. The van der Waals surface area contributed by atoms with Crippen LogP contribution in [0.3, 0.4) is 0 Å². The van der Waals surface area contributed by atoms with Crippen molar-refractivity contribution in [2.75, 3.05) is 0 Å². The van der Waals surface area contributed by atoms with E-state index in [1.54, 1.807) is 0 Å². The van der Waals surface area contributed by atoms with Gasteiger partial charge in [0.25, 0.3) is 0 Å². The number of fused-ring (bicyclic) bond motifs is 6. The van der Waals surface area contributed by atoms with E-state index in [4.69, 9.17) is 0 Å². The van der Waals surface area contributed by atoms with Gasteiger partial charge in [-0.05, 0) is 124 Å². The van der Waals surface area contributed by atoms with Gasteiger partial charge < -0.3 is 4.57 Å². The molecule has 0 atom stereocenters. The Bertz CT molecular complexity index is 2880. The number of ketones is 1. The SMILES string of the molecule is CCc1ccc(-c2ccc(C(=O)c3ccc(-c4ccc5cc6c(cc5c4)Cc4ccc(-n5c7c(C)cccc7c7cccc(C)c75)cc4C6)cc3)cc2)s1. The summed E-state index contributed by atoms with van der Waals surface area (Å²) in [6.45, 7) is 6.63. The first kappa shape index (κ1) is 32.6. The Morgan fingerprint density at radius 1 is 0.556 bits per heavy atom. The van der Waals surface area contributed by atoms with Gasteiger partial charge in [-0.2, -0.15) is 0 Å². The summed E-state index contributed by atoms with van der Waals surface area (Å²) in [7, 11) is 0. The first-order chi connectivity index (χ1) is 26.4. The molecule has 9 aromatic rings. The number of carbonyl (C=O) groups excluding carboxylic acids is 1. The first-order valence-corrected chi connectivity index (χ1v) is 19.7. The summed E-state index contributed by atoms with van der Waals surface area (Å²) in [4.78, 5) is 16.0. The predicted octanol–water partition coefficient (Wildman–Crippen LogP) is 13.2. The van der Waals surface area contributed by atoms with Crippen LogP contribution in [0.1, 0.15) is 61.1 Å². The Balaban J connectivity index is 0.915. The lowest BCUT2D eigenvalue weighted by Gasteiger charge is -2.22. The molecule has 0 radical (unpaired) electrons. The van der Waals surface area contributed by atoms with Crippen molar-refractivity contribution in [3.05, 3.63) is 195 Å². The fourth-order valence-corrected chi connectivity index (χ4v) is 9.56. The number of carbonyl (C=O) groups is 1. The number of aromatic nitrogens is 1. The number of para-hydroxylation sites is 2. The molecule has 10 rings (SSSR count). The molecule has 0 bridgehead atoms. The lowest BCUT2D eigenvalue weighted by Crippen LogP contribution is -2.09. The van der Waals surface area contributed by atoms with Gasteiger partial charge in [0.15, 0.2) is 5.78 Å². The average molecular weight is 714 g/mol. The van der Waals surface area contributed by atoms with Crippen LogP contribution in [0.25, 0.3) is 59.8 Å². The van der Waals surface area contributed by atoms with E-state index in [2.05, 4.69) is 147 Å². The number of benzene rings is 7. The molecule has 0 amide bonds. The second-order valence-electron chi connectivity index (χ2n) is 14.9. The van der Waals surface area contributed by atoms with Crippen LogP contribution in [0.2, 0.25) is 0 Å². The third-order valence-corrected chi connectivity index (χ3v) is 12.8. The smallest absolute Gasteiger partial charge is 0.193 e. The molecule has 2 heterocycles. The van der Waals surface area contributed by atoms with E-state index in [-0.39, 0.29) is 5.78 Å². The van der Waals surface area contributed by atoms with Crippen LogP contribution < -0.4 is 0 Å². The zero-order valence-electron chi connectivity index (χ0n) is 30.7. The summed E-state index contributed by atoms with van der Waals surface area (Å²) in [6, 6.07) is 52.4. The summed E-state index contributed by atoms with van der Waals surface area (Å²) in [5, 5.41) is 5.13. The highest BCUT2D eigenvalue weighted by atomic mass is 32.1. The number of hydrogen-bond acceptors (Lipinski definition) is 2. The number of aryl methyl sites for hydroxylation is 3. The van der Waals surface area contributed by atoms with E-state index in [0.29, 0.717) is 11.1 Å². The summed E-state index contributed by atoms with van der Waals surface area (Å²) < 4.78 is 2.49. The molecule has 0 aliphatic heterocycles. The van der Waals surface area contributed by atoms with Crippen molar-refractivity contribution >= 4 is 49.7 Å². The molecule has 54 heavy (non-hydrogen) atoms. The fraction of sp³-hybridized carbons (Fsp3) is 0.118. The summed E-state index contributed by atoms with van der Waals surface area (Å²) in [6.07, 6.45) is 2.90. The molecule has 3 heteroatoms. The summed E-state index contributed by atoms with van der Waals surface area (Å²) in [5.41, 5.74) is 16.9. The largest absolute Gasteiger partial charge is 0.309 e. The number of nitrogens with zero attached hydrogens (tertiary/aromatic N) is 1. The number of hydrogen-bond donors (Lipinski definition) is 0. The molecule has 0 N–H and O–H groups in total. The molecule has 0 spiro atoms. The van der Waals surface area contributed by atoms with Crippen molar-refractivity contribution < 1.29 is 4.79 Å². The molecule has 260 valence electrons. The molecule has 0 fully saturated rings. The van der Waals surface area contributed by atoms with Gasteiger partial charge in [-0.15, -0.1) is 11.3 Å². The van der Waals surface area contributed by atoms with Crippen molar-refractivity contribution in [3.8, 4) is 27.3 Å². The van der Waals surface area contributed by atoms with E-state index < -0.39 is 0 Å². The third-order valence-electron chi connectivity index (χ3n) is 11.5. The normalized spacial score (nSPS) is 12.4. The number of rotatable bonds is 6. The standard InChI is InChI=1S/C51H39NOS/c1-4-45-23-24-48(54-45)34-13-17-36(18-14-34)51(53)35-15-11-33(12-16-35)37-19-20-38-26-42-29-43-30-44(22-21-39(43)27-41(42)28-40(38)25-37)52-49-31(2)7-5-9-46(49)47-10-6-8-32(3)50(47)52/h5-26,28,30H,4,27,29H2,1-3H3. The first-order valence-electron chi connectivity index (χ1n) is 18.9. The average Bonchev–Trinajstić information content (AvgIpc) is 3.83. The van der Waals surface area contributed by atoms with Gasteiger partial charge in [-0.25, -0.2) is 0 Å². The molecule has 0 saturated carbocycles. The summed E-state index contributed by atoms with van der Waals surface area (Å²) in [5.74, 6) is 0.0476. The number of thiophene rings is 1. The fourth-order valence-electron chi connectivity index (χ4n) is 8.61. The van der Waals surface area contributed by atoms with Crippen LogP contribution in [0.4, 0.5) is 0 Å². The van der Waals surface area contributed by atoms with Crippen LogP contribution in [0.15, 0.2) is 146 Å². The Morgan fingerprint density at radius 3 is 1.80 bits per heavy atom. The Morgan fingerprint density at radius 2 is 1.15 bits per heavy atom. The summed E-state index contributed by atoms with van der Waals surface area (Å²) >= 11 is 1.82. The Kier molecular flexibility index (Phi) is 7.75. The van der Waals surface area contributed by atoms with Crippen molar-refractivity contribution in [1.82, 2.24) is 4.57 Å². The van der Waals surface area contributed by atoms with Crippen LogP contribution >= 0.6 is 11.3 Å². The minimum atomic E-state index is 0.0476. The Labute approximate surface area is 320 Å². The third kappa shape index (κ3) is 5.42. The minimum Gasteiger partial charge on any atom is -0.309 e. The highest BCUT2D eigenvalue weighted by Gasteiger charge is 2.20. The van der Waals surface area contributed by atoms with Gasteiger partial charge in [0.1, 0.15) is 0 Å². The van der Waals surface area contributed by atoms with Gasteiger partial charge in [0.05, 0.1) is 11.0 Å². The molecule has 0 saturated heterocycles. The van der Waals surface area contributed by atoms with Gasteiger partial charge in [-0.1, -0.05) is 122 Å². The van der Waals surface area contributed by atoms with E-state index in [1.165, 1.54) is 81.4 Å². The zero-order chi connectivity index (χ0) is 36.5. The van der Waals surface area contributed by atoms with Crippen molar-refractivity contribution in [3.63, 3.8) is 0 Å². The molecular weight excluding hydrogens is 675 g/mol. The maximum absolute atomic E-state index is 13.4. The van der Waals surface area contributed by atoms with Crippen molar-refractivity contribution in [2.24, 2.45) is 0 Å². The molecule has 2 nitrogen and oxygen atoms in total. The van der Waals surface area contributed by atoms with Gasteiger partial charge >= 0.3 is 0 Å². The van der Waals surface area contributed by atoms with Crippen LogP contribution in [0, 0.1) is 13.8 Å². The van der Waals surface area contributed by atoms with Gasteiger partial charge in [0, 0.05) is 37.3 Å². The molecule has 7 aromatic carbocycles. The highest BCUT2D eigenvalue weighted by Crippen LogP contribution is 2.38. The van der Waals surface area contributed by atoms with E-state index in [9.17, 15) is 4.79 Å². The van der Waals surface area contributed by atoms with Crippen molar-refractivity contribution in [1.29, 1.82) is 0 Å². The highest BCUT2D eigenvalue weighted by molar-refractivity contribution is 7.15. The van der Waals surface area contributed by atoms with Crippen molar-refractivity contribution in [2.45, 2.75) is 40.0 Å². The lowest BCUT2D eigenvalue weighted by atomic mass is 9.84. The van der Waals surface area contributed by atoms with Crippen LogP contribution in [-0.4, -0.2) is 10.4 Å². The van der Waals surface area contributed by atoms with E-state index >= 15 is 0 Å². The minimum absolute atomic E-state index is 0.0476. The van der Waals surface area contributed by atoms with Gasteiger partial charge in [0.2, 0.25) is 0 Å². The second-order valence-corrected chi connectivity index (χ2v) is 16.0. The monoisotopic (exact) mass is 713 g/mol. The Hall–Kier alpha value is -6.03. The second kappa shape index (κ2) is 12.8. The van der Waals surface area contributed by atoms with E-state index in [0.717, 1.165) is 36.0 Å². The molecule has 1 aliphatic rings. The quantitative estimate of drug-likeness (QED) is 0.157. The molecular formula is C51H39NOS. The molecule has 0 unspecified atom stereocenters. The predicted molar refractivity (Wildman–Crippen MR) is 228 cm³/mol. The van der Waals surface area contributed by atoms with Crippen LogP contribution in [-0.2, 0) is 19.3 Å². The van der Waals surface area contributed by atoms with Crippen LogP contribution in [0.5, 0.6) is 0 Å². The van der Waals surface area contributed by atoms with Gasteiger partial charge in [-0.3, -0.25) is 4.79 Å². The van der Waals surface area contributed by atoms with E-state index in [1.807, 2.05) is 35.6 Å². The maximum Gasteiger partial charge on any atom is 0.193 e. The zero-order valence-corrected chi connectivity index (χ0v) is 31.6.